The number of anilines is 1. The molecule has 0 atom stereocenters. The minimum absolute atomic E-state index is 0.158. The van der Waals surface area contributed by atoms with Gasteiger partial charge in [-0.3, -0.25) is 10.1 Å². The van der Waals surface area contributed by atoms with Crippen LogP contribution in [-0.4, -0.2) is 40.9 Å². The summed E-state index contributed by atoms with van der Waals surface area (Å²) < 4.78 is 1.78. The number of aromatic nitrogens is 2. The van der Waals surface area contributed by atoms with Crippen LogP contribution >= 0.6 is 0 Å². The van der Waals surface area contributed by atoms with Gasteiger partial charge < -0.3 is 10.2 Å². The molecule has 0 amide bonds. The van der Waals surface area contributed by atoms with E-state index in [-0.39, 0.29) is 10.6 Å². The maximum atomic E-state index is 11.2. The Kier molecular flexibility index (Phi) is 3.81. The quantitative estimate of drug-likeness (QED) is 0.638. The van der Waals surface area contributed by atoms with Gasteiger partial charge in [0.1, 0.15) is 5.69 Å². The topological polar surface area (TPSA) is 76.2 Å². The number of rotatable bonds is 4. The molecule has 1 aliphatic rings. The summed E-state index contributed by atoms with van der Waals surface area (Å²) in [5.41, 5.74) is 0.660. The number of aryl methyl sites for hydroxylation is 2. The third-order valence-corrected chi connectivity index (χ3v) is 3.10. The normalized spacial score (nSPS) is 16.0. The summed E-state index contributed by atoms with van der Waals surface area (Å²) in [6, 6.07) is 0. The Bertz CT molecular complexity index is 437. The summed E-state index contributed by atoms with van der Waals surface area (Å²) in [5.74, 6) is 0.667. The summed E-state index contributed by atoms with van der Waals surface area (Å²) in [6.45, 7) is 7.75. The molecule has 0 spiro atoms. The third-order valence-electron chi connectivity index (χ3n) is 3.10. The van der Waals surface area contributed by atoms with E-state index in [1.54, 1.807) is 11.6 Å². The van der Waals surface area contributed by atoms with Gasteiger partial charge in [-0.15, -0.1) is 0 Å². The van der Waals surface area contributed by atoms with Gasteiger partial charge >= 0.3 is 5.69 Å². The molecule has 0 radical (unpaired) electrons. The number of hydrogen-bond acceptors (Lipinski definition) is 5. The zero-order valence-electron chi connectivity index (χ0n) is 10.8. The molecular weight excluding hydrogens is 234 g/mol. The lowest BCUT2D eigenvalue weighted by Gasteiger charge is -2.28. The zero-order chi connectivity index (χ0) is 13.1. The number of nitrogens with zero attached hydrogens (tertiary/aromatic N) is 4. The maximum absolute atomic E-state index is 11.2. The molecule has 1 saturated heterocycles. The van der Waals surface area contributed by atoms with E-state index in [4.69, 9.17) is 0 Å². The second kappa shape index (κ2) is 5.34. The van der Waals surface area contributed by atoms with E-state index in [9.17, 15) is 10.1 Å². The van der Waals surface area contributed by atoms with Crippen molar-refractivity contribution in [2.75, 3.05) is 31.1 Å². The Morgan fingerprint density at radius 1 is 1.44 bits per heavy atom. The molecule has 1 aromatic heterocycles. The highest BCUT2D eigenvalue weighted by Gasteiger charge is 2.29. The Morgan fingerprint density at radius 3 is 2.67 bits per heavy atom. The minimum Gasteiger partial charge on any atom is -0.349 e. The average Bonchev–Trinajstić information content (AvgIpc) is 2.67. The predicted molar refractivity (Wildman–Crippen MR) is 69.0 cm³/mol. The Hall–Kier alpha value is -1.63. The molecule has 1 N–H and O–H groups in total. The van der Waals surface area contributed by atoms with Crippen molar-refractivity contribution in [3.8, 4) is 0 Å². The van der Waals surface area contributed by atoms with Gasteiger partial charge in [0.15, 0.2) is 0 Å². The fourth-order valence-corrected chi connectivity index (χ4v) is 2.33. The molecule has 1 fully saturated rings. The standard InChI is InChI=1S/C11H19N5O2/c1-3-6-15-11(14-7-4-12-5-8-14)10(16(17)18)9(2)13-15/h12H,3-8H2,1-2H3. The first-order valence-corrected chi connectivity index (χ1v) is 6.32. The first kappa shape index (κ1) is 12.8. The summed E-state index contributed by atoms with van der Waals surface area (Å²) in [6.07, 6.45) is 0.914. The Balaban J connectivity index is 2.42. The number of hydrogen-bond donors (Lipinski definition) is 1. The number of nitro groups is 1. The molecule has 0 aliphatic carbocycles. The van der Waals surface area contributed by atoms with Gasteiger partial charge in [0.2, 0.25) is 5.82 Å². The summed E-state index contributed by atoms with van der Waals surface area (Å²) in [4.78, 5) is 13.0. The predicted octanol–water partition coefficient (Wildman–Crippen LogP) is 0.919. The van der Waals surface area contributed by atoms with Gasteiger partial charge in [-0.25, -0.2) is 4.68 Å². The molecule has 2 heterocycles. The molecule has 18 heavy (non-hydrogen) atoms. The maximum Gasteiger partial charge on any atom is 0.333 e. The number of nitrogens with one attached hydrogen (secondary N) is 1. The molecule has 2 rings (SSSR count). The molecule has 1 aliphatic heterocycles. The van der Waals surface area contributed by atoms with E-state index >= 15 is 0 Å². The summed E-state index contributed by atoms with van der Waals surface area (Å²) in [5, 5.41) is 18.8. The first-order valence-electron chi connectivity index (χ1n) is 6.32. The lowest BCUT2D eigenvalue weighted by molar-refractivity contribution is -0.384. The van der Waals surface area contributed by atoms with Crippen LogP contribution in [0.1, 0.15) is 19.0 Å². The molecule has 0 bridgehead atoms. The van der Waals surface area contributed by atoms with Crippen LogP contribution in [0.15, 0.2) is 0 Å². The van der Waals surface area contributed by atoms with E-state index in [0.29, 0.717) is 18.1 Å². The van der Waals surface area contributed by atoms with E-state index in [2.05, 4.69) is 15.3 Å². The van der Waals surface area contributed by atoms with Crippen molar-refractivity contribution in [2.24, 2.45) is 0 Å². The third kappa shape index (κ3) is 2.31. The van der Waals surface area contributed by atoms with Crippen molar-refractivity contribution >= 4 is 11.5 Å². The van der Waals surface area contributed by atoms with Crippen molar-refractivity contribution in [3.05, 3.63) is 15.8 Å². The van der Waals surface area contributed by atoms with Gasteiger partial charge in [-0.1, -0.05) is 6.92 Å². The van der Waals surface area contributed by atoms with Crippen LogP contribution in [0.2, 0.25) is 0 Å². The van der Waals surface area contributed by atoms with E-state index < -0.39 is 0 Å². The van der Waals surface area contributed by atoms with Crippen LogP contribution < -0.4 is 10.2 Å². The van der Waals surface area contributed by atoms with Crippen LogP contribution in [0.25, 0.3) is 0 Å². The molecule has 1 aromatic rings. The molecule has 0 aromatic carbocycles. The van der Waals surface area contributed by atoms with Gasteiger partial charge in [-0.05, 0) is 13.3 Å². The van der Waals surface area contributed by atoms with Crippen LogP contribution in [0.3, 0.4) is 0 Å². The van der Waals surface area contributed by atoms with Crippen molar-refractivity contribution < 1.29 is 4.92 Å². The van der Waals surface area contributed by atoms with Gasteiger partial charge in [0, 0.05) is 32.7 Å². The summed E-state index contributed by atoms with van der Waals surface area (Å²) in [7, 11) is 0. The van der Waals surface area contributed by atoms with Crippen LogP contribution in [0.5, 0.6) is 0 Å². The van der Waals surface area contributed by atoms with Crippen molar-refractivity contribution in [1.29, 1.82) is 0 Å². The summed E-state index contributed by atoms with van der Waals surface area (Å²) >= 11 is 0. The smallest absolute Gasteiger partial charge is 0.333 e. The van der Waals surface area contributed by atoms with E-state index in [0.717, 1.165) is 32.6 Å². The van der Waals surface area contributed by atoms with E-state index in [1.165, 1.54) is 0 Å². The SMILES string of the molecule is CCCn1nc(C)c([N+](=O)[O-])c1N1CCNCC1. The first-order chi connectivity index (χ1) is 8.65. The molecular formula is C11H19N5O2. The Labute approximate surface area is 106 Å². The monoisotopic (exact) mass is 253 g/mol. The lowest BCUT2D eigenvalue weighted by atomic mass is 10.3. The lowest BCUT2D eigenvalue weighted by Crippen LogP contribution is -2.44. The van der Waals surface area contributed by atoms with Gasteiger partial charge in [0.05, 0.1) is 4.92 Å². The molecule has 0 saturated carbocycles. The van der Waals surface area contributed by atoms with Gasteiger partial charge in [0.25, 0.3) is 0 Å². The second-order valence-corrected chi connectivity index (χ2v) is 4.47. The van der Waals surface area contributed by atoms with Crippen LogP contribution in [0, 0.1) is 17.0 Å². The average molecular weight is 253 g/mol. The van der Waals surface area contributed by atoms with Crippen molar-refractivity contribution in [1.82, 2.24) is 15.1 Å². The van der Waals surface area contributed by atoms with Crippen LogP contribution in [-0.2, 0) is 6.54 Å². The highest BCUT2D eigenvalue weighted by Crippen LogP contribution is 2.31. The fourth-order valence-electron chi connectivity index (χ4n) is 2.33. The fraction of sp³-hybridized carbons (Fsp3) is 0.727. The highest BCUT2D eigenvalue weighted by molar-refractivity contribution is 5.61. The second-order valence-electron chi connectivity index (χ2n) is 4.47. The largest absolute Gasteiger partial charge is 0.349 e. The number of piperazine rings is 1. The molecule has 0 unspecified atom stereocenters. The Morgan fingerprint density at radius 2 is 2.11 bits per heavy atom. The molecule has 100 valence electrons. The molecule has 7 heteroatoms. The zero-order valence-corrected chi connectivity index (χ0v) is 10.8. The minimum atomic E-state index is -0.314. The van der Waals surface area contributed by atoms with Crippen molar-refractivity contribution in [3.63, 3.8) is 0 Å². The highest BCUT2D eigenvalue weighted by atomic mass is 16.6. The van der Waals surface area contributed by atoms with Gasteiger partial charge in [-0.2, -0.15) is 5.10 Å². The van der Waals surface area contributed by atoms with Crippen LogP contribution in [0.4, 0.5) is 11.5 Å². The molecule has 7 nitrogen and oxygen atoms in total. The van der Waals surface area contributed by atoms with E-state index in [1.807, 2.05) is 6.92 Å². The van der Waals surface area contributed by atoms with Crippen molar-refractivity contribution in [2.45, 2.75) is 26.8 Å².